The fourth-order valence-electron chi connectivity index (χ4n) is 5.00. The first-order chi connectivity index (χ1) is 18.9. The Morgan fingerprint density at radius 2 is 1.74 bits per heavy atom. The molecule has 1 N–H and O–H groups in total. The lowest BCUT2D eigenvalue weighted by Gasteiger charge is -2.25. The summed E-state index contributed by atoms with van der Waals surface area (Å²) in [5.74, 6) is -1.00. The highest BCUT2D eigenvalue weighted by atomic mass is 16.5. The average Bonchev–Trinajstić information content (AvgIpc) is 3.42. The number of carbonyl (C=O) groups is 2. The van der Waals surface area contributed by atoms with E-state index in [1.54, 1.807) is 7.11 Å². The number of fused-ring (bicyclic) bond motifs is 1. The molecule has 0 spiro atoms. The van der Waals surface area contributed by atoms with E-state index in [4.69, 9.17) is 9.47 Å². The number of aromatic nitrogens is 2. The molecule has 1 atom stereocenters. The number of ketones is 1. The Morgan fingerprint density at radius 1 is 1.00 bits per heavy atom. The van der Waals surface area contributed by atoms with E-state index in [1.807, 2.05) is 91.2 Å². The molecule has 2 aromatic heterocycles. The summed E-state index contributed by atoms with van der Waals surface area (Å²) >= 11 is 0. The molecule has 1 aliphatic heterocycles. The van der Waals surface area contributed by atoms with Crippen molar-refractivity contribution in [3.8, 4) is 5.75 Å². The third kappa shape index (κ3) is 5.03. The van der Waals surface area contributed by atoms with Gasteiger partial charge in [0.2, 0.25) is 0 Å². The molecule has 2 aromatic carbocycles. The van der Waals surface area contributed by atoms with E-state index in [0.717, 1.165) is 11.1 Å². The molecule has 3 heterocycles. The van der Waals surface area contributed by atoms with Crippen molar-refractivity contribution in [3.05, 3.63) is 107 Å². The smallest absolute Gasteiger partial charge is 0.295 e. The number of aryl methyl sites for hydroxylation is 2. The average molecular weight is 526 g/mol. The Kier molecular flexibility index (Phi) is 7.47. The Morgan fingerprint density at radius 3 is 2.44 bits per heavy atom. The second-order valence-corrected chi connectivity index (χ2v) is 9.61. The molecule has 0 saturated carbocycles. The highest BCUT2D eigenvalue weighted by molar-refractivity contribution is 6.46. The Bertz CT molecular complexity index is 1540. The standard InChI is InChI=1S/C31H31N3O5/c1-20-9-7-16-33-21(2)26(32-30(20)33)28(35)25-27(34(17-8-18-38-3)31(37)29(25)36)23-12-14-24(15-13-23)39-19-22-10-5-4-6-11-22/h4-7,9-16,27,35H,8,17-19H2,1-3H3/b28-25+. The maximum Gasteiger partial charge on any atom is 0.295 e. The lowest BCUT2D eigenvalue weighted by molar-refractivity contribution is -0.140. The van der Waals surface area contributed by atoms with Crippen molar-refractivity contribution >= 4 is 23.1 Å². The minimum absolute atomic E-state index is 0.0273. The van der Waals surface area contributed by atoms with Gasteiger partial charge in [0.25, 0.3) is 11.7 Å². The van der Waals surface area contributed by atoms with Crippen LogP contribution < -0.4 is 4.74 Å². The summed E-state index contributed by atoms with van der Waals surface area (Å²) < 4.78 is 13.0. The summed E-state index contributed by atoms with van der Waals surface area (Å²) in [5, 5.41) is 11.5. The van der Waals surface area contributed by atoms with Crippen molar-refractivity contribution in [1.29, 1.82) is 0 Å². The molecule has 1 aliphatic rings. The number of aliphatic hydroxyl groups is 1. The first-order valence-corrected chi connectivity index (χ1v) is 12.9. The molecule has 0 aliphatic carbocycles. The van der Waals surface area contributed by atoms with Crippen LogP contribution in [0.3, 0.4) is 0 Å². The van der Waals surface area contributed by atoms with Gasteiger partial charge in [-0.2, -0.15) is 0 Å². The lowest BCUT2D eigenvalue weighted by atomic mass is 9.96. The van der Waals surface area contributed by atoms with Crippen molar-refractivity contribution in [2.24, 2.45) is 0 Å². The number of hydrogen-bond donors (Lipinski definition) is 1. The Balaban J connectivity index is 1.54. The maximum absolute atomic E-state index is 13.4. The number of hydrogen-bond acceptors (Lipinski definition) is 6. The highest BCUT2D eigenvalue weighted by Crippen LogP contribution is 2.40. The number of rotatable bonds is 9. The molecule has 200 valence electrons. The lowest BCUT2D eigenvalue weighted by Crippen LogP contribution is -2.31. The van der Waals surface area contributed by atoms with Crippen LogP contribution in [0.4, 0.5) is 0 Å². The minimum Gasteiger partial charge on any atom is -0.505 e. The van der Waals surface area contributed by atoms with Gasteiger partial charge in [-0.15, -0.1) is 0 Å². The Hall–Kier alpha value is -4.43. The SMILES string of the molecule is COCCCN1C(=O)C(=O)/C(=C(/O)c2nc3c(C)cccn3c2C)C1c1ccc(OCc2ccccc2)cc1. The topological polar surface area (TPSA) is 93.4 Å². The van der Waals surface area contributed by atoms with Gasteiger partial charge in [0.15, 0.2) is 5.76 Å². The summed E-state index contributed by atoms with van der Waals surface area (Å²) in [6, 6.07) is 20.2. The Labute approximate surface area is 227 Å². The van der Waals surface area contributed by atoms with Crippen molar-refractivity contribution in [3.63, 3.8) is 0 Å². The van der Waals surface area contributed by atoms with Crippen LogP contribution >= 0.6 is 0 Å². The zero-order valence-corrected chi connectivity index (χ0v) is 22.3. The maximum atomic E-state index is 13.4. The number of likely N-dealkylation sites (tertiary alicyclic amines) is 1. The molecule has 8 nitrogen and oxygen atoms in total. The van der Waals surface area contributed by atoms with Crippen LogP contribution in [0.15, 0.2) is 78.5 Å². The fourth-order valence-corrected chi connectivity index (χ4v) is 5.00. The number of imidazole rings is 1. The minimum atomic E-state index is -0.768. The van der Waals surface area contributed by atoms with E-state index in [-0.39, 0.29) is 17.0 Å². The quantitative estimate of drug-likeness (QED) is 0.143. The fraction of sp³-hybridized carbons (Fsp3) is 0.258. The second kappa shape index (κ2) is 11.1. The number of methoxy groups -OCH3 is 1. The first kappa shape index (κ1) is 26.2. The van der Waals surface area contributed by atoms with Gasteiger partial charge >= 0.3 is 0 Å². The summed E-state index contributed by atoms with van der Waals surface area (Å²) in [4.78, 5) is 32.7. The number of amides is 1. The molecule has 0 radical (unpaired) electrons. The largest absolute Gasteiger partial charge is 0.505 e. The number of carbonyl (C=O) groups excluding carboxylic acids is 2. The molecule has 1 unspecified atom stereocenters. The number of benzene rings is 2. The summed E-state index contributed by atoms with van der Waals surface area (Å²) in [7, 11) is 1.59. The zero-order valence-electron chi connectivity index (χ0n) is 22.3. The predicted octanol–water partition coefficient (Wildman–Crippen LogP) is 4.99. The van der Waals surface area contributed by atoms with Crippen LogP contribution in [0.1, 0.15) is 40.5 Å². The van der Waals surface area contributed by atoms with Gasteiger partial charge < -0.3 is 23.9 Å². The van der Waals surface area contributed by atoms with Crippen molar-refractivity contribution in [2.45, 2.75) is 32.9 Å². The van der Waals surface area contributed by atoms with Crippen LogP contribution in [0.2, 0.25) is 0 Å². The van der Waals surface area contributed by atoms with Crippen molar-refractivity contribution in [2.75, 3.05) is 20.3 Å². The number of ether oxygens (including phenoxy) is 2. The monoisotopic (exact) mass is 525 g/mol. The van der Waals surface area contributed by atoms with Gasteiger partial charge in [-0.3, -0.25) is 9.59 Å². The van der Waals surface area contributed by atoms with E-state index in [1.165, 1.54) is 4.90 Å². The van der Waals surface area contributed by atoms with Gasteiger partial charge in [0, 0.05) is 26.5 Å². The molecule has 8 heteroatoms. The molecule has 1 fully saturated rings. The van der Waals surface area contributed by atoms with Crippen LogP contribution in [0.5, 0.6) is 5.75 Å². The predicted molar refractivity (Wildman–Crippen MR) is 147 cm³/mol. The van der Waals surface area contributed by atoms with Crippen LogP contribution in [0, 0.1) is 13.8 Å². The first-order valence-electron chi connectivity index (χ1n) is 12.9. The van der Waals surface area contributed by atoms with E-state index in [2.05, 4.69) is 4.98 Å². The van der Waals surface area contributed by atoms with Gasteiger partial charge in [-0.25, -0.2) is 4.98 Å². The van der Waals surface area contributed by atoms with Crippen LogP contribution in [-0.4, -0.2) is 51.3 Å². The van der Waals surface area contributed by atoms with Crippen molar-refractivity contribution in [1.82, 2.24) is 14.3 Å². The van der Waals surface area contributed by atoms with Crippen molar-refractivity contribution < 1.29 is 24.2 Å². The summed E-state index contributed by atoms with van der Waals surface area (Å²) in [5.41, 5.74) is 4.35. The van der Waals surface area contributed by atoms with Gasteiger partial charge in [0.05, 0.1) is 17.3 Å². The summed E-state index contributed by atoms with van der Waals surface area (Å²) in [6.07, 6.45) is 2.40. The van der Waals surface area contributed by atoms with E-state index in [0.29, 0.717) is 48.8 Å². The van der Waals surface area contributed by atoms with Crippen LogP contribution in [0.25, 0.3) is 11.4 Å². The molecular weight excluding hydrogens is 494 g/mol. The highest BCUT2D eigenvalue weighted by Gasteiger charge is 2.46. The molecule has 5 rings (SSSR count). The molecule has 39 heavy (non-hydrogen) atoms. The molecular formula is C31H31N3O5. The summed E-state index contributed by atoms with van der Waals surface area (Å²) in [6.45, 7) is 4.92. The number of pyridine rings is 1. The number of nitrogens with zero attached hydrogens (tertiary/aromatic N) is 3. The molecule has 1 saturated heterocycles. The normalized spacial score (nSPS) is 16.8. The van der Waals surface area contributed by atoms with E-state index < -0.39 is 17.7 Å². The molecule has 4 aromatic rings. The van der Waals surface area contributed by atoms with Gasteiger partial charge in [-0.05, 0) is 55.2 Å². The van der Waals surface area contributed by atoms with Gasteiger partial charge in [0.1, 0.15) is 23.7 Å². The molecule has 0 bridgehead atoms. The second-order valence-electron chi connectivity index (χ2n) is 9.61. The molecule has 1 amide bonds. The number of aliphatic hydroxyl groups excluding tert-OH is 1. The zero-order chi connectivity index (χ0) is 27.5. The number of Topliss-reactive ketones (excluding diaryl/α,β-unsaturated/α-hetero) is 1. The third-order valence-electron chi connectivity index (χ3n) is 7.04. The van der Waals surface area contributed by atoms with Gasteiger partial charge in [-0.1, -0.05) is 48.5 Å². The van der Waals surface area contributed by atoms with Crippen LogP contribution in [-0.2, 0) is 20.9 Å². The van der Waals surface area contributed by atoms with E-state index in [9.17, 15) is 14.7 Å². The van der Waals surface area contributed by atoms with E-state index >= 15 is 0 Å². The third-order valence-corrected chi connectivity index (χ3v) is 7.04.